The highest BCUT2D eigenvalue weighted by atomic mass is 16.5. The summed E-state index contributed by atoms with van der Waals surface area (Å²) in [7, 11) is 0. The molecule has 2 rings (SSSR count). The molecule has 1 N–H and O–H groups in total. The summed E-state index contributed by atoms with van der Waals surface area (Å²) in [6.07, 6.45) is 2.12. The van der Waals surface area contributed by atoms with Crippen LogP contribution in [0.3, 0.4) is 0 Å². The lowest BCUT2D eigenvalue weighted by atomic mass is 10.2. The van der Waals surface area contributed by atoms with Crippen LogP contribution in [0.1, 0.15) is 31.7 Å². The first-order chi connectivity index (χ1) is 10.6. The normalized spacial score (nSPS) is 13.1. The van der Waals surface area contributed by atoms with Crippen molar-refractivity contribution in [2.24, 2.45) is 0 Å². The minimum Gasteiger partial charge on any atom is -0.466 e. The van der Waals surface area contributed by atoms with E-state index in [0.717, 1.165) is 12.8 Å². The highest BCUT2D eigenvalue weighted by Crippen LogP contribution is 2.27. The van der Waals surface area contributed by atoms with Gasteiger partial charge >= 0.3 is 12.0 Å². The minimum atomic E-state index is -0.292. The smallest absolute Gasteiger partial charge is 0.322 e. The van der Waals surface area contributed by atoms with E-state index in [9.17, 15) is 9.59 Å². The molecule has 0 saturated heterocycles. The summed E-state index contributed by atoms with van der Waals surface area (Å²) in [5.41, 5.74) is 1.17. The average molecular weight is 301 g/mol. The number of esters is 1. The molecule has 6 nitrogen and oxygen atoms in total. The van der Waals surface area contributed by atoms with Gasteiger partial charge in [-0.25, -0.2) is 4.79 Å². The monoisotopic (exact) mass is 301 g/mol. The van der Waals surface area contributed by atoms with Crippen molar-refractivity contribution in [3.05, 3.63) is 29.8 Å². The van der Waals surface area contributed by atoms with E-state index in [0.29, 0.717) is 24.4 Å². The Balaban J connectivity index is 1.91. The molecule has 1 fully saturated rings. The number of carbonyl (C=O) groups excluding carboxylic acids is 2. The predicted molar refractivity (Wildman–Crippen MR) is 81.2 cm³/mol. The number of amides is 2. The number of urea groups is 1. The molecule has 0 radical (unpaired) electrons. The second-order valence-corrected chi connectivity index (χ2v) is 5.10. The third-order valence-electron chi connectivity index (χ3n) is 3.38. The molecular formula is C16H19N3O3. The van der Waals surface area contributed by atoms with Crippen LogP contribution >= 0.6 is 0 Å². The maximum atomic E-state index is 12.3. The van der Waals surface area contributed by atoms with Gasteiger partial charge in [-0.3, -0.25) is 4.79 Å². The van der Waals surface area contributed by atoms with Crippen LogP contribution in [0.5, 0.6) is 0 Å². The van der Waals surface area contributed by atoms with Gasteiger partial charge in [-0.05, 0) is 44.0 Å². The molecule has 1 aliphatic rings. The molecule has 2 amide bonds. The Morgan fingerprint density at radius 1 is 1.36 bits per heavy atom. The van der Waals surface area contributed by atoms with E-state index >= 15 is 0 Å². The summed E-state index contributed by atoms with van der Waals surface area (Å²) in [6.45, 7) is 2.46. The number of nitrogens with zero attached hydrogens (tertiary/aromatic N) is 2. The fourth-order valence-electron chi connectivity index (χ4n) is 2.10. The SMILES string of the molecule is CCOC(=O)CCN(C(=O)Nc1ccc(C#N)cc1)C1CC1. The number of nitrogens with one attached hydrogen (secondary N) is 1. The molecule has 0 atom stereocenters. The second kappa shape index (κ2) is 7.46. The summed E-state index contributed by atoms with van der Waals surface area (Å²) in [5, 5.41) is 11.6. The predicted octanol–water partition coefficient (Wildman–Crippen LogP) is 2.51. The highest BCUT2D eigenvalue weighted by molar-refractivity contribution is 5.90. The van der Waals surface area contributed by atoms with Crippen molar-refractivity contribution in [3.8, 4) is 6.07 Å². The maximum absolute atomic E-state index is 12.3. The number of hydrogen-bond acceptors (Lipinski definition) is 4. The number of rotatable bonds is 6. The van der Waals surface area contributed by atoms with Crippen LogP contribution in [-0.2, 0) is 9.53 Å². The first-order valence-electron chi connectivity index (χ1n) is 7.37. The zero-order valence-corrected chi connectivity index (χ0v) is 12.5. The largest absolute Gasteiger partial charge is 0.466 e. The Labute approximate surface area is 129 Å². The first-order valence-corrected chi connectivity index (χ1v) is 7.37. The lowest BCUT2D eigenvalue weighted by Crippen LogP contribution is -2.38. The number of carbonyl (C=O) groups is 2. The van der Waals surface area contributed by atoms with Crippen LogP contribution in [0.15, 0.2) is 24.3 Å². The van der Waals surface area contributed by atoms with E-state index in [-0.39, 0.29) is 24.5 Å². The standard InChI is InChI=1S/C16H19N3O3/c1-2-22-15(20)9-10-19(14-7-8-14)16(21)18-13-5-3-12(11-17)4-6-13/h3-6,14H,2,7-10H2,1H3,(H,18,21). The van der Waals surface area contributed by atoms with E-state index in [2.05, 4.69) is 5.32 Å². The van der Waals surface area contributed by atoms with Crippen molar-refractivity contribution in [2.75, 3.05) is 18.5 Å². The molecule has 0 aromatic heterocycles. The van der Waals surface area contributed by atoms with E-state index in [1.807, 2.05) is 6.07 Å². The van der Waals surface area contributed by atoms with Crippen molar-refractivity contribution in [3.63, 3.8) is 0 Å². The molecule has 0 aliphatic heterocycles. The molecule has 116 valence electrons. The number of hydrogen-bond donors (Lipinski definition) is 1. The van der Waals surface area contributed by atoms with Gasteiger partial charge in [-0.2, -0.15) is 5.26 Å². The van der Waals surface area contributed by atoms with Gasteiger partial charge in [0.15, 0.2) is 0 Å². The van der Waals surface area contributed by atoms with Crippen LogP contribution in [0, 0.1) is 11.3 Å². The van der Waals surface area contributed by atoms with Crippen molar-refractivity contribution in [1.82, 2.24) is 4.90 Å². The molecule has 6 heteroatoms. The lowest BCUT2D eigenvalue weighted by molar-refractivity contribution is -0.143. The third-order valence-corrected chi connectivity index (χ3v) is 3.38. The second-order valence-electron chi connectivity index (χ2n) is 5.10. The fourth-order valence-corrected chi connectivity index (χ4v) is 2.10. The van der Waals surface area contributed by atoms with Crippen molar-refractivity contribution < 1.29 is 14.3 Å². The Bertz CT molecular complexity index is 573. The van der Waals surface area contributed by atoms with E-state index in [4.69, 9.17) is 10.00 Å². The zero-order valence-electron chi connectivity index (χ0n) is 12.5. The molecular weight excluding hydrogens is 282 g/mol. The number of anilines is 1. The summed E-state index contributed by atoms with van der Waals surface area (Å²) >= 11 is 0. The van der Waals surface area contributed by atoms with Gasteiger partial charge in [0.1, 0.15) is 0 Å². The van der Waals surface area contributed by atoms with Crippen molar-refractivity contribution in [2.45, 2.75) is 32.2 Å². The van der Waals surface area contributed by atoms with E-state index in [1.54, 1.807) is 36.1 Å². The van der Waals surface area contributed by atoms with E-state index < -0.39 is 0 Å². The maximum Gasteiger partial charge on any atom is 0.322 e. The summed E-state index contributed by atoms with van der Waals surface area (Å²) in [6, 6.07) is 8.68. The Hall–Kier alpha value is -2.55. The molecule has 0 heterocycles. The molecule has 0 unspecified atom stereocenters. The fraction of sp³-hybridized carbons (Fsp3) is 0.438. The van der Waals surface area contributed by atoms with Crippen LogP contribution in [-0.4, -0.2) is 36.1 Å². The van der Waals surface area contributed by atoms with Crippen LogP contribution in [0.25, 0.3) is 0 Å². The number of nitriles is 1. The molecule has 22 heavy (non-hydrogen) atoms. The topological polar surface area (TPSA) is 82.4 Å². The number of benzene rings is 1. The van der Waals surface area contributed by atoms with E-state index in [1.165, 1.54) is 0 Å². The Morgan fingerprint density at radius 2 is 2.05 bits per heavy atom. The summed E-state index contributed by atoms with van der Waals surface area (Å²) < 4.78 is 4.89. The van der Waals surface area contributed by atoms with Crippen LogP contribution in [0.2, 0.25) is 0 Å². The van der Waals surface area contributed by atoms with Gasteiger partial charge < -0.3 is 15.0 Å². The van der Waals surface area contributed by atoms with Crippen molar-refractivity contribution >= 4 is 17.7 Å². The summed E-state index contributed by atoms with van der Waals surface area (Å²) in [5.74, 6) is -0.292. The van der Waals surface area contributed by atoms with Gasteiger partial charge in [0.25, 0.3) is 0 Å². The molecule has 0 spiro atoms. The third kappa shape index (κ3) is 4.48. The summed E-state index contributed by atoms with van der Waals surface area (Å²) in [4.78, 5) is 25.4. The molecule has 1 aliphatic carbocycles. The Morgan fingerprint density at radius 3 is 2.59 bits per heavy atom. The Kier molecular flexibility index (Phi) is 5.37. The molecule has 0 bridgehead atoms. The highest BCUT2D eigenvalue weighted by Gasteiger charge is 2.32. The van der Waals surface area contributed by atoms with Crippen LogP contribution < -0.4 is 5.32 Å². The minimum absolute atomic E-state index is 0.200. The average Bonchev–Trinajstić information content (AvgIpc) is 3.33. The molecule has 1 aromatic rings. The molecule has 1 aromatic carbocycles. The van der Waals surface area contributed by atoms with Gasteiger partial charge in [0.2, 0.25) is 0 Å². The van der Waals surface area contributed by atoms with Gasteiger partial charge in [-0.1, -0.05) is 0 Å². The van der Waals surface area contributed by atoms with Gasteiger partial charge in [-0.15, -0.1) is 0 Å². The van der Waals surface area contributed by atoms with Gasteiger partial charge in [0, 0.05) is 18.3 Å². The quantitative estimate of drug-likeness (QED) is 0.818. The van der Waals surface area contributed by atoms with Crippen LogP contribution in [0.4, 0.5) is 10.5 Å². The molecule has 1 saturated carbocycles. The van der Waals surface area contributed by atoms with Crippen molar-refractivity contribution in [1.29, 1.82) is 5.26 Å². The van der Waals surface area contributed by atoms with Gasteiger partial charge in [0.05, 0.1) is 24.7 Å². The number of ether oxygens (including phenoxy) is 1. The zero-order chi connectivity index (χ0) is 15.9. The lowest BCUT2D eigenvalue weighted by Gasteiger charge is -2.22. The first kappa shape index (κ1) is 15.8.